The molecule has 1 heterocycles. The van der Waals surface area contributed by atoms with Crippen molar-refractivity contribution in [2.75, 3.05) is 7.11 Å². The highest BCUT2D eigenvalue weighted by molar-refractivity contribution is 14.1. The van der Waals surface area contributed by atoms with E-state index in [-0.39, 0.29) is 18.2 Å². The molecule has 11 heteroatoms. The SMILES string of the molecule is COc1cc(/C=C\c2nc(O)c([N+](=O)[O-])c(=O)[nH]2)cc(I)c1OCc1ccccc1F. The normalized spacial score (nSPS) is 10.9. The lowest BCUT2D eigenvalue weighted by Crippen LogP contribution is -2.14. The van der Waals surface area contributed by atoms with Crippen molar-refractivity contribution < 1.29 is 23.9 Å². The molecule has 2 aromatic carbocycles. The fraction of sp³-hybridized carbons (Fsp3) is 0.100. The predicted molar refractivity (Wildman–Crippen MR) is 119 cm³/mol. The van der Waals surface area contributed by atoms with Crippen molar-refractivity contribution in [3.8, 4) is 17.4 Å². The number of nitrogens with one attached hydrogen (secondary N) is 1. The van der Waals surface area contributed by atoms with Gasteiger partial charge >= 0.3 is 11.2 Å². The maximum atomic E-state index is 13.8. The second kappa shape index (κ2) is 9.55. The molecular formula is C20H15FIN3O6. The van der Waals surface area contributed by atoms with E-state index in [4.69, 9.17) is 9.47 Å². The van der Waals surface area contributed by atoms with E-state index in [1.807, 2.05) is 22.6 Å². The molecule has 0 saturated heterocycles. The van der Waals surface area contributed by atoms with Crippen LogP contribution in [-0.2, 0) is 6.61 Å². The largest absolute Gasteiger partial charge is 0.493 e. The number of benzene rings is 2. The number of nitro groups is 1. The molecule has 0 amide bonds. The van der Waals surface area contributed by atoms with E-state index >= 15 is 0 Å². The Morgan fingerprint density at radius 2 is 2.06 bits per heavy atom. The summed E-state index contributed by atoms with van der Waals surface area (Å²) < 4.78 is 25.6. The summed E-state index contributed by atoms with van der Waals surface area (Å²) in [5.41, 5.74) is -1.05. The van der Waals surface area contributed by atoms with Gasteiger partial charge in [0.05, 0.1) is 15.6 Å². The number of hydrogen-bond acceptors (Lipinski definition) is 7. The average molecular weight is 539 g/mol. The molecule has 3 aromatic rings. The first kappa shape index (κ1) is 22.2. The van der Waals surface area contributed by atoms with Crippen LogP contribution in [0.4, 0.5) is 10.1 Å². The molecule has 0 atom stereocenters. The Labute approximate surface area is 188 Å². The highest BCUT2D eigenvalue weighted by Gasteiger charge is 2.21. The van der Waals surface area contributed by atoms with E-state index in [2.05, 4.69) is 9.97 Å². The molecule has 160 valence electrons. The number of H-pyrrole nitrogens is 1. The van der Waals surface area contributed by atoms with Crippen LogP contribution in [0.3, 0.4) is 0 Å². The number of methoxy groups -OCH3 is 1. The second-order valence-corrected chi connectivity index (χ2v) is 7.29. The number of aromatic hydroxyl groups is 1. The highest BCUT2D eigenvalue weighted by Crippen LogP contribution is 2.35. The van der Waals surface area contributed by atoms with Gasteiger partial charge in [0.1, 0.15) is 18.2 Å². The molecule has 0 aliphatic carbocycles. The average Bonchev–Trinajstić information content (AvgIpc) is 2.71. The summed E-state index contributed by atoms with van der Waals surface area (Å²) in [6.45, 7) is 0.0153. The van der Waals surface area contributed by atoms with Gasteiger partial charge < -0.3 is 19.6 Å². The summed E-state index contributed by atoms with van der Waals surface area (Å²) in [7, 11) is 1.46. The molecule has 3 rings (SSSR count). The van der Waals surface area contributed by atoms with Crippen LogP contribution in [0.1, 0.15) is 17.0 Å². The topological polar surface area (TPSA) is 128 Å². The minimum absolute atomic E-state index is 0.0153. The van der Waals surface area contributed by atoms with Gasteiger partial charge in [-0.3, -0.25) is 14.9 Å². The molecule has 1 aromatic heterocycles. The van der Waals surface area contributed by atoms with Gasteiger partial charge in [-0.1, -0.05) is 24.3 Å². The van der Waals surface area contributed by atoms with Gasteiger partial charge in [0.25, 0.3) is 5.88 Å². The summed E-state index contributed by atoms with van der Waals surface area (Å²) >= 11 is 2.04. The molecule has 0 aliphatic rings. The van der Waals surface area contributed by atoms with Gasteiger partial charge in [0.15, 0.2) is 11.5 Å². The Balaban J connectivity index is 1.85. The zero-order chi connectivity index (χ0) is 22.5. The van der Waals surface area contributed by atoms with Gasteiger partial charge in [0, 0.05) is 5.56 Å². The lowest BCUT2D eigenvalue weighted by molar-refractivity contribution is -0.387. The molecule has 0 unspecified atom stereocenters. The number of aromatic nitrogens is 2. The van der Waals surface area contributed by atoms with Gasteiger partial charge in [-0.25, -0.2) is 4.39 Å². The Morgan fingerprint density at radius 1 is 1.32 bits per heavy atom. The molecule has 0 radical (unpaired) electrons. The summed E-state index contributed by atoms with van der Waals surface area (Å²) in [5.74, 6) is -0.581. The summed E-state index contributed by atoms with van der Waals surface area (Å²) in [6.07, 6.45) is 2.93. The number of aromatic amines is 1. The van der Waals surface area contributed by atoms with Crippen molar-refractivity contribution in [1.29, 1.82) is 0 Å². The van der Waals surface area contributed by atoms with E-state index < -0.39 is 22.0 Å². The summed E-state index contributed by atoms with van der Waals surface area (Å²) in [6, 6.07) is 9.68. The maximum absolute atomic E-state index is 13.8. The fourth-order valence-electron chi connectivity index (χ4n) is 2.63. The molecule has 0 saturated carbocycles. The third-order valence-electron chi connectivity index (χ3n) is 4.09. The minimum atomic E-state index is -1.07. The number of hydrogen-bond donors (Lipinski definition) is 2. The Kier molecular flexibility index (Phi) is 6.84. The smallest absolute Gasteiger partial charge is 0.395 e. The third kappa shape index (κ3) is 5.17. The van der Waals surface area contributed by atoms with E-state index in [0.29, 0.717) is 26.2 Å². The van der Waals surface area contributed by atoms with E-state index in [0.717, 1.165) is 0 Å². The van der Waals surface area contributed by atoms with Gasteiger partial charge in [-0.15, -0.1) is 0 Å². The van der Waals surface area contributed by atoms with Gasteiger partial charge in [0.2, 0.25) is 0 Å². The van der Waals surface area contributed by atoms with E-state index in [9.17, 15) is 24.4 Å². The lowest BCUT2D eigenvalue weighted by atomic mass is 10.2. The van der Waals surface area contributed by atoms with Crippen LogP contribution in [0.5, 0.6) is 17.4 Å². The molecule has 2 N–H and O–H groups in total. The number of halogens is 2. The monoisotopic (exact) mass is 539 g/mol. The van der Waals surface area contributed by atoms with Crippen LogP contribution in [-0.4, -0.2) is 27.1 Å². The summed E-state index contributed by atoms with van der Waals surface area (Å²) in [5, 5.41) is 20.4. The molecule has 31 heavy (non-hydrogen) atoms. The van der Waals surface area contributed by atoms with E-state index in [1.165, 1.54) is 19.3 Å². The minimum Gasteiger partial charge on any atom is -0.493 e. The van der Waals surface area contributed by atoms with Crippen molar-refractivity contribution in [1.82, 2.24) is 9.97 Å². The molecule has 9 nitrogen and oxygen atoms in total. The standard InChI is InChI=1S/C20H15FIN3O6/c1-30-15-9-11(6-7-16-23-19(26)17(25(28)29)20(27)24-16)8-14(22)18(15)31-10-12-4-2-3-5-13(12)21/h2-9H,10H2,1H3,(H2,23,24,26,27)/b7-6-. The Hall–Kier alpha value is -3.48. The molecule has 0 spiro atoms. The first-order valence-corrected chi connectivity index (χ1v) is 9.77. The van der Waals surface area contributed by atoms with Crippen LogP contribution >= 0.6 is 22.6 Å². The predicted octanol–water partition coefficient (Wildman–Crippen LogP) is 3.89. The van der Waals surface area contributed by atoms with Crippen LogP contribution < -0.4 is 15.0 Å². The fourth-order valence-corrected chi connectivity index (χ4v) is 3.41. The molecule has 0 aliphatic heterocycles. The van der Waals surface area contributed by atoms with Gasteiger partial charge in [-0.2, -0.15) is 4.98 Å². The van der Waals surface area contributed by atoms with Gasteiger partial charge in [-0.05, 0) is 52.4 Å². The van der Waals surface area contributed by atoms with Crippen molar-refractivity contribution >= 4 is 40.4 Å². The van der Waals surface area contributed by atoms with Crippen LogP contribution in [0.25, 0.3) is 12.2 Å². The molecule has 0 fully saturated rings. The molecular weight excluding hydrogens is 524 g/mol. The Bertz CT molecular complexity index is 1230. The number of nitrogens with zero attached hydrogens (tertiary/aromatic N) is 2. The van der Waals surface area contributed by atoms with Crippen molar-refractivity contribution in [3.05, 3.63) is 83.2 Å². The quantitative estimate of drug-likeness (QED) is 0.265. The summed E-state index contributed by atoms with van der Waals surface area (Å²) in [4.78, 5) is 27.3. The first-order chi connectivity index (χ1) is 14.8. The zero-order valence-corrected chi connectivity index (χ0v) is 18.1. The first-order valence-electron chi connectivity index (χ1n) is 8.69. The van der Waals surface area contributed by atoms with E-state index in [1.54, 1.807) is 36.4 Å². The number of rotatable bonds is 7. The lowest BCUT2D eigenvalue weighted by Gasteiger charge is -2.14. The second-order valence-electron chi connectivity index (χ2n) is 6.13. The van der Waals surface area contributed by atoms with Crippen LogP contribution in [0.15, 0.2) is 41.2 Å². The van der Waals surface area contributed by atoms with Crippen molar-refractivity contribution in [2.24, 2.45) is 0 Å². The third-order valence-corrected chi connectivity index (χ3v) is 4.89. The van der Waals surface area contributed by atoms with Crippen molar-refractivity contribution in [3.63, 3.8) is 0 Å². The zero-order valence-electron chi connectivity index (χ0n) is 16.0. The van der Waals surface area contributed by atoms with Crippen LogP contribution in [0, 0.1) is 19.5 Å². The Morgan fingerprint density at radius 3 is 2.71 bits per heavy atom. The number of ether oxygens (including phenoxy) is 2. The maximum Gasteiger partial charge on any atom is 0.395 e. The van der Waals surface area contributed by atoms with Crippen molar-refractivity contribution in [2.45, 2.75) is 6.61 Å². The molecule has 0 bridgehead atoms. The van der Waals surface area contributed by atoms with Crippen LogP contribution in [0.2, 0.25) is 0 Å². The highest BCUT2D eigenvalue weighted by atomic mass is 127.